The highest BCUT2D eigenvalue weighted by atomic mass is 16.5. The van der Waals surface area contributed by atoms with Crippen LogP contribution < -0.4 is 4.74 Å². The van der Waals surface area contributed by atoms with Gasteiger partial charge < -0.3 is 9.72 Å². The van der Waals surface area contributed by atoms with E-state index in [-0.39, 0.29) is 5.41 Å². The molecule has 1 aromatic heterocycles. The maximum Gasteiger partial charge on any atom is 0.142 e. The standard InChI is InChI=1S/C13H17NO.C2H6/c1-13(2,3)11-8-9-6-5-7-10(15-4)12(9)14-11;1-2/h5-8,14H,1-4H3;1-2H3. The largest absolute Gasteiger partial charge is 0.495 e. The minimum Gasteiger partial charge on any atom is -0.495 e. The van der Waals surface area contributed by atoms with Crippen LogP contribution in [0.3, 0.4) is 0 Å². The SMILES string of the molecule is CC.COc1cccc2cc(C(C)(C)C)[nH]c12. The molecule has 17 heavy (non-hydrogen) atoms. The molecule has 2 rings (SSSR count). The van der Waals surface area contributed by atoms with Crippen LogP contribution in [-0.2, 0) is 5.41 Å². The van der Waals surface area contributed by atoms with Gasteiger partial charge in [0.2, 0.25) is 0 Å². The van der Waals surface area contributed by atoms with Crippen molar-refractivity contribution in [2.24, 2.45) is 0 Å². The van der Waals surface area contributed by atoms with Crippen LogP contribution in [0.15, 0.2) is 24.3 Å². The lowest BCUT2D eigenvalue weighted by Crippen LogP contribution is -2.11. The zero-order valence-corrected chi connectivity index (χ0v) is 11.7. The highest BCUT2D eigenvalue weighted by Gasteiger charge is 2.17. The topological polar surface area (TPSA) is 25.0 Å². The molecule has 0 fully saturated rings. The second kappa shape index (κ2) is 5.26. The first-order valence-corrected chi connectivity index (χ1v) is 6.18. The van der Waals surface area contributed by atoms with Crippen molar-refractivity contribution in [1.29, 1.82) is 0 Å². The number of benzene rings is 1. The molecule has 0 bridgehead atoms. The Labute approximate surface area is 104 Å². The Morgan fingerprint density at radius 2 is 1.76 bits per heavy atom. The van der Waals surface area contributed by atoms with E-state index in [1.165, 1.54) is 11.1 Å². The number of H-pyrrole nitrogens is 1. The van der Waals surface area contributed by atoms with Crippen molar-refractivity contribution in [1.82, 2.24) is 4.98 Å². The molecule has 2 nitrogen and oxygen atoms in total. The Bertz CT molecular complexity index is 477. The van der Waals surface area contributed by atoms with Crippen LogP contribution in [0.25, 0.3) is 10.9 Å². The zero-order chi connectivity index (χ0) is 13.1. The van der Waals surface area contributed by atoms with E-state index in [9.17, 15) is 0 Å². The predicted octanol–water partition coefficient (Wildman–Crippen LogP) is 4.50. The summed E-state index contributed by atoms with van der Waals surface area (Å²) in [7, 11) is 1.70. The van der Waals surface area contributed by atoms with Crippen LogP contribution in [0, 0.1) is 0 Å². The number of ether oxygens (including phenoxy) is 1. The molecule has 0 unspecified atom stereocenters. The molecular formula is C15H23NO. The zero-order valence-electron chi connectivity index (χ0n) is 11.7. The van der Waals surface area contributed by atoms with Gasteiger partial charge in [0.05, 0.1) is 12.6 Å². The van der Waals surface area contributed by atoms with Gasteiger partial charge in [0.15, 0.2) is 0 Å². The molecule has 2 aromatic rings. The van der Waals surface area contributed by atoms with E-state index in [4.69, 9.17) is 4.74 Å². The summed E-state index contributed by atoms with van der Waals surface area (Å²) in [5, 5.41) is 1.21. The van der Waals surface area contributed by atoms with Crippen LogP contribution in [-0.4, -0.2) is 12.1 Å². The van der Waals surface area contributed by atoms with E-state index in [2.05, 4.69) is 37.9 Å². The van der Waals surface area contributed by atoms with Crippen LogP contribution in [0.5, 0.6) is 5.75 Å². The second-order valence-corrected chi connectivity index (χ2v) is 4.86. The quantitative estimate of drug-likeness (QED) is 0.770. The molecule has 0 radical (unpaired) electrons. The van der Waals surface area contributed by atoms with Gasteiger partial charge in [-0.05, 0) is 12.1 Å². The van der Waals surface area contributed by atoms with Crippen molar-refractivity contribution in [3.05, 3.63) is 30.0 Å². The first-order valence-electron chi connectivity index (χ1n) is 6.18. The highest BCUT2D eigenvalue weighted by molar-refractivity contribution is 5.86. The van der Waals surface area contributed by atoms with E-state index >= 15 is 0 Å². The van der Waals surface area contributed by atoms with Gasteiger partial charge in [-0.25, -0.2) is 0 Å². The summed E-state index contributed by atoms with van der Waals surface area (Å²) >= 11 is 0. The summed E-state index contributed by atoms with van der Waals surface area (Å²) in [4.78, 5) is 3.43. The molecule has 94 valence electrons. The first-order chi connectivity index (χ1) is 8.02. The molecule has 0 saturated heterocycles. The van der Waals surface area contributed by atoms with E-state index < -0.39 is 0 Å². The third kappa shape index (κ3) is 2.82. The maximum atomic E-state index is 5.32. The van der Waals surface area contributed by atoms with Gasteiger partial charge in [0.25, 0.3) is 0 Å². The van der Waals surface area contributed by atoms with Crippen LogP contribution in [0.4, 0.5) is 0 Å². The highest BCUT2D eigenvalue weighted by Crippen LogP contribution is 2.30. The number of methoxy groups -OCH3 is 1. The summed E-state index contributed by atoms with van der Waals surface area (Å²) in [6, 6.07) is 8.29. The molecular weight excluding hydrogens is 210 g/mol. The fourth-order valence-electron chi connectivity index (χ4n) is 1.70. The molecule has 0 saturated carbocycles. The van der Waals surface area contributed by atoms with Gasteiger partial charge in [-0.3, -0.25) is 0 Å². The summed E-state index contributed by atoms with van der Waals surface area (Å²) in [5.74, 6) is 0.906. The van der Waals surface area contributed by atoms with Crippen molar-refractivity contribution < 1.29 is 4.74 Å². The molecule has 1 aromatic carbocycles. The van der Waals surface area contributed by atoms with E-state index in [1.807, 2.05) is 26.0 Å². The molecule has 0 amide bonds. The lowest BCUT2D eigenvalue weighted by molar-refractivity contribution is 0.419. The summed E-state index contributed by atoms with van der Waals surface area (Å²) < 4.78 is 5.32. The van der Waals surface area contributed by atoms with Gasteiger partial charge in [-0.15, -0.1) is 0 Å². The number of hydrogen-bond acceptors (Lipinski definition) is 1. The van der Waals surface area contributed by atoms with Gasteiger partial charge in [-0.1, -0.05) is 46.8 Å². The normalized spacial score (nSPS) is 10.9. The number of fused-ring (bicyclic) bond motifs is 1. The number of aromatic nitrogens is 1. The smallest absolute Gasteiger partial charge is 0.142 e. The van der Waals surface area contributed by atoms with Crippen LogP contribution in [0.2, 0.25) is 0 Å². The molecule has 0 aliphatic heterocycles. The van der Waals surface area contributed by atoms with Gasteiger partial charge >= 0.3 is 0 Å². The van der Waals surface area contributed by atoms with Crippen molar-refractivity contribution in [3.63, 3.8) is 0 Å². The van der Waals surface area contributed by atoms with E-state index in [0.717, 1.165) is 11.3 Å². The molecule has 0 aliphatic rings. The van der Waals surface area contributed by atoms with Crippen molar-refractivity contribution in [3.8, 4) is 5.75 Å². The molecule has 0 aliphatic carbocycles. The van der Waals surface area contributed by atoms with Crippen LogP contribution >= 0.6 is 0 Å². The minimum atomic E-state index is 0.143. The molecule has 0 spiro atoms. The Morgan fingerprint density at radius 1 is 1.12 bits per heavy atom. The minimum absolute atomic E-state index is 0.143. The fraction of sp³-hybridized carbons (Fsp3) is 0.467. The third-order valence-corrected chi connectivity index (χ3v) is 2.65. The number of rotatable bonds is 1. The number of para-hydroxylation sites is 1. The number of nitrogens with one attached hydrogen (secondary N) is 1. The Morgan fingerprint density at radius 3 is 2.29 bits per heavy atom. The van der Waals surface area contributed by atoms with Crippen molar-refractivity contribution in [2.75, 3.05) is 7.11 Å². The maximum absolute atomic E-state index is 5.32. The van der Waals surface area contributed by atoms with Crippen LogP contribution in [0.1, 0.15) is 40.3 Å². The first kappa shape index (κ1) is 13.6. The molecule has 1 N–H and O–H groups in total. The molecule has 1 heterocycles. The average Bonchev–Trinajstić information content (AvgIpc) is 2.74. The number of hydrogen-bond donors (Lipinski definition) is 1. The monoisotopic (exact) mass is 233 g/mol. The van der Waals surface area contributed by atoms with Crippen molar-refractivity contribution in [2.45, 2.75) is 40.0 Å². The predicted molar refractivity (Wildman–Crippen MR) is 74.9 cm³/mol. The molecule has 0 atom stereocenters. The lowest BCUT2D eigenvalue weighted by Gasteiger charge is -2.15. The Hall–Kier alpha value is -1.44. The van der Waals surface area contributed by atoms with Crippen molar-refractivity contribution >= 4 is 10.9 Å². The summed E-state index contributed by atoms with van der Waals surface area (Å²) in [5.41, 5.74) is 2.47. The van der Waals surface area contributed by atoms with Gasteiger partial charge in [0, 0.05) is 16.5 Å². The summed E-state index contributed by atoms with van der Waals surface area (Å²) in [6.07, 6.45) is 0. The number of aromatic amines is 1. The molecule has 2 heteroatoms. The lowest BCUT2D eigenvalue weighted by atomic mass is 9.92. The van der Waals surface area contributed by atoms with Gasteiger partial charge in [-0.2, -0.15) is 0 Å². The van der Waals surface area contributed by atoms with E-state index in [0.29, 0.717) is 0 Å². The Kier molecular flexibility index (Phi) is 4.22. The Balaban J connectivity index is 0.000000686. The second-order valence-electron chi connectivity index (χ2n) is 4.86. The third-order valence-electron chi connectivity index (χ3n) is 2.65. The fourth-order valence-corrected chi connectivity index (χ4v) is 1.70. The van der Waals surface area contributed by atoms with E-state index in [1.54, 1.807) is 7.11 Å². The summed E-state index contributed by atoms with van der Waals surface area (Å²) in [6.45, 7) is 10.6. The van der Waals surface area contributed by atoms with Gasteiger partial charge in [0.1, 0.15) is 5.75 Å². The average molecular weight is 233 g/mol.